The van der Waals surface area contributed by atoms with E-state index in [9.17, 15) is 13.2 Å². The van der Waals surface area contributed by atoms with E-state index in [4.69, 9.17) is 0 Å². The highest BCUT2D eigenvalue weighted by Crippen LogP contribution is 2.28. The zero-order chi connectivity index (χ0) is 13.6. The van der Waals surface area contributed by atoms with E-state index in [0.29, 0.717) is 13.1 Å². The third-order valence-electron chi connectivity index (χ3n) is 2.09. The molecule has 0 amide bonds. The molecule has 1 aromatic heterocycles. The number of hydrogen-bond donors (Lipinski definition) is 2. The van der Waals surface area contributed by atoms with Crippen molar-refractivity contribution in [3.8, 4) is 0 Å². The fourth-order valence-electron chi connectivity index (χ4n) is 1.26. The summed E-state index contributed by atoms with van der Waals surface area (Å²) >= 11 is 0. The Bertz CT molecular complexity index is 353. The molecule has 1 aromatic rings. The summed E-state index contributed by atoms with van der Waals surface area (Å²) < 4.78 is 37.8. The maximum atomic E-state index is 12.6. The van der Waals surface area contributed by atoms with Gasteiger partial charge in [-0.3, -0.25) is 0 Å². The zero-order valence-corrected chi connectivity index (χ0v) is 10.4. The molecule has 0 aliphatic heterocycles. The highest BCUT2D eigenvalue weighted by atomic mass is 19.4. The van der Waals surface area contributed by atoms with Gasteiger partial charge in [-0.1, -0.05) is 13.8 Å². The van der Waals surface area contributed by atoms with Crippen LogP contribution < -0.4 is 10.6 Å². The van der Waals surface area contributed by atoms with Crippen molar-refractivity contribution >= 4 is 11.6 Å². The SMILES string of the molecule is CCCNc1cc(NCCC)nc(C(F)(F)F)n1. The molecule has 102 valence electrons. The summed E-state index contributed by atoms with van der Waals surface area (Å²) in [5.74, 6) is -0.738. The monoisotopic (exact) mass is 262 g/mol. The van der Waals surface area contributed by atoms with Gasteiger partial charge in [0, 0.05) is 19.2 Å². The third kappa shape index (κ3) is 4.38. The summed E-state index contributed by atoms with van der Waals surface area (Å²) in [5.41, 5.74) is 0. The van der Waals surface area contributed by atoms with Crippen LogP contribution in [0.3, 0.4) is 0 Å². The zero-order valence-electron chi connectivity index (χ0n) is 10.4. The molecule has 2 N–H and O–H groups in total. The summed E-state index contributed by atoms with van der Waals surface area (Å²) in [5, 5.41) is 5.67. The largest absolute Gasteiger partial charge is 0.451 e. The van der Waals surface area contributed by atoms with Gasteiger partial charge in [-0.2, -0.15) is 13.2 Å². The van der Waals surface area contributed by atoms with Crippen molar-refractivity contribution in [2.24, 2.45) is 0 Å². The molecule has 7 heteroatoms. The molecule has 4 nitrogen and oxygen atoms in total. The predicted octanol–water partition coefficient (Wildman–Crippen LogP) is 3.14. The number of nitrogens with zero attached hydrogens (tertiary/aromatic N) is 2. The average Bonchev–Trinajstić information content (AvgIpc) is 2.32. The second kappa shape index (κ2) is 6.42. The lowest BCUT2D eigenvalue weighted by atomic mass is 10.4. The van der Waals surface area contributed by atoms with Crippen molar-refractivity contribution in [3.63, 3.8) is 0 Å². The van der Waals surface area contributed by atoms with E-state index in [1.807, 2.05) is 13.8 Å². The van der Waals surface area contributed by atoms with Gasteiger partial charge in [-0.05, 0) is 12.8 Å². The van der Waals surface area contributed by atoms with Crippen molar-refractivity contribution in [3.05, 3.63) is 11.9 Å². The van der Waals surface area contributed by atoms with Crippen LogP contribution in [-0.4, -0.2) is 23.1 Å². The first-order valence-corrected chi connectivity index (χ1v) is 5.91. The standard InChI is InChI=1S/C11H17F3N4/c1-3-5-15-8-7-9(16-6-4-2)18-10(17-8)11(12,13)14/h7H,3-6H2,1-2H3,(H2,15,16,17,18). The lowest BCUT2D eigenvalue weighted by Gasteiger charge is -2.12. The first kappa shape index (κ1) is 14.5. The van der Waals surface area contributed by atoms with E-state index in [1.54, 1.807) is 0 Å². The first-order chi connectivity index (χ1) is 8.47. The van der Waals surface area contributed by atoms with Crippen LogP contribution in [0.1, 0.15) is 32.5 Å². The van der Waals surface area contributed by atoms with E-state index in [0.717, 1.165) is 12.8 Å². The van der Waals surface area contributed by atoms with Crippen LogP contribution in [0, 0.1) is 0 Å². The van der Waals surface area contributed by atoms with Gasteiger partial charge in [-0.25, -0.2) is 9.97 Å². The van der Waals surface area contributed by atoms with Crippen LogP contribution in [0.25, 0.3) is 0 Å². The maximum Gasteiger partial charge on any atom is 0.451 e. The van der Waals surface area contributed by atoms with Gasteiger partial charge in [-0.15, -0.1) is 0 Å². The van der Waals surface area contributed by atoms with Crippen molar-refractivity contribution in [2.75, 3.05) is 23.7 Å². The predicted molar refractivity (Wildman–Crippen MR) is 64.6 cm³/mol. The van der Waals surface area contributed by atoms with Crippen LogP contribution in [0.5, 0.6) is 0 Å². The molecular formula is C11H17F3N4. The second-order valence-corrected chi connectivity index (χ2v) is 3.81. The van der Waals surface area contributed by atoms with Crippen molar-refractivity contribution < 1.29 is 13.2 Å². The second-order valence-electron chi connectivity index (χ2n) is 3.81. The maximum absolute atomic E-state index is 12.6. The minimum atomic E-state index is -4.54. The average molecular weight is 262 g/mol. The van der Waals surface area contributed by atoms with Crippen LogP contribution in [-0.2, 0) is 6.18 Å². The van der Waals surface area contributed by atoms with E-state index < -0.39 is 12.0 Å². The Morgan fingerprint density at radius 3 is 1.78 bits per heavy atom. The Morgan fingerprint density at radius 2 is 1.44 bits per heavy atom. The summed E-state index contributed by atoms with van der Waals surface area (Å²) in [6.45, 7) is 4.99. The Hall–Kier alpha value is -1.53. The number of nitrogens with one attached hydrogen (secondary N) is 2. The molecule has 1 rings (SSSR count). The van der Waals surface area contributed by atoms with Crippen LogP contribution >= 0.6 is 0 Å². The first-order valence-electron chi connectivity index (χ1n) is 5.91. The summed E-state index contributed by atoms with van der Waals surface area (Å²) in [6, 6.07) is 1.49. The molecule has 0 aliphatic rings. The quantitative estimate of drug-likeness (QED) is 0.827. The van der Waals surface area contributed by atoms with Crippen LogP contribution in [0.2, 0.25) is 0 Å². The van der Waals surface area contributed by atoms with E-state index in [-0.39, 0.29) is 11.6 Å². The molecule has 0 saturated carbocycles. The van der Waals surface area contributed by atoms with Gasteiger partial charge in [0.25, 0.3) is 0 Å². The van der Waals surface area contributed by atoms with Gasteiger partial charge in [0.1, 0.15) is 11.6 Å². The lowest BCUT2D eigenvalue weighted by Crippen LogP contribution is -2.15. The minimum Gasteiger partial charge on any atom is -0.370 e. The normalized spacial score (nSPS) is 11.4. The minimum absolute atomic E-state index is 0.192. The summed E-state index contributed by atoms with van der Waals surface area (Å²) in [7, 11) is 0. The van der Waals surface area contributed by atoms with Gasteiger partial charge in [0.15, 0.2) is 0 Å². The number of hydrogen-bond acceptors (Lipinski definition) is 4. The molecule has 0 aromatic carbocycles. The highest BCUT2D eigenvalue weighted by Gasteiger charge is 2.35. The summed E-state index contributed by atoms with van der Waals surface area (Å²) in [6.07, 6.45) is -2.92. The highest BCUT2D eigenvalue weighted by molar-refractivity contribution is 5.47. The van der Waals surface area contributed by atoms with Gasteiger partial charge >= 0.3 is 6.18 Å². The van der Waals surface area contributed by atoms with Gasteiger partial charge in [0.05, 0.1) is 0 Å². The number of alkyl halides is 3. The number of aromatic nitrogens is 2. The number of halogens is 3. The lowest BCUT2D eigenvalue weighted by molar-refractivity contribution is -0.144. The van der Waals surface area contributed by atoms with Crippen LogP contribution in [0.15, 0.2) is 6.07 Å². The summed E-state index contributed by atoms with van der Waals surface area (Å²) in [4.78, 5) is 6.93. The third-order valence-corrected chi connectivity index (χ3v) is 2.09. The van der Waals surface area contributed by atoms with Crippen LogP contribution in [0.4, 0.5) is 24.8 Å². The van der Waals surface area contributed by atoms with E-state index in [1.165, 1.54) is 6.07 Å². The van der Waals surface area contributed by atoms with Crippen molar-refractivity contribution in [2.45, 2.75) is 32.9 Å². The van der Waals surface area contributed by atoms with Gasteiger partial charge in [0.2, 0.25) is 5.82 Å². The van der Waals surface area contributed by atoms with E-state index >= 15 is 0 Å². The molecule has 0 fully saturated rings. The Balaban J connectivity index is 2.96. The number of rotatable bonds is 6. The molecule has 0 atom stereocenters. The molecule has 1 heterocycles. The fraction of sp³-hybridized carbons (Fsp3) is 0.636. The Morgan fingerprint density at radius 1 is 1.00 bits per heavy atom. The molecule has 0 aliphatic carbocycles. The Kier molecular flexibility index (Phi) is 5.18. The molecule has 0 bridgehead atoms. The molecule has 18 heavy (non-hydrogen) atoms. The topological polar surface area (TPSA) is 49.8 Å². The van der Waals surface area contributed by atoms with Crippen molar-refractivity contribution in [1.82, 2.24) is 9.97 Å². The van der Waals surface area contributed by atoms with E-state index in [2.05, 4.69) is 20.6 Å². The van der Waals surface area contributed by atoms with Crippen molar-refractivity contribution in [1.29, 1.82) is 0 Å². The Labute approximate surface area is 104 Å². The molecule has 0 saturated heterocycles. The number of anilines is 2. The molecular weight excluding hydrogens is 245 g/mol. The smallest absolute Gasteiger partial charge is 0.370 e. The molecule has 0 radical (unpaired) electrons. The fourth-order valence-corrected chi connectivity index (χ4v) is 1.26. The van der Waals surface area contributed by atoms with Gasteiger partial charge < -0.3 is 10.6 Å². The molecule has 0 spiro atoms. The molecule has 0 unspecified atom stereocenters.